The first-order valence-corrected chi connectivity index (χ1v) is 8.92. The number of rotatable bonds is 3. The predicted octanol–water partition coefficient (Wildman–Crippen LogP) is -0.308. The van der Waals surface area contributed by atoms with Crippen molar-refractivity contribution in [1.82, 2.24) is 0 Å². The van der Waals surface area contributed by atoms with Crippen molar-refractivity contribution in [3.63, 3.8) is 0 Å². The van der Waals surface area contributed by atoms with Gasteiger partial charge in [0.15, 0.2) is 6.29 Å². The van der Waals surface area contributed by atoms with E-state index in [1.165, 1.54) is 0 Å². The van der Waals surface area contributed by atoms with Crippen molar-refractivity contribution in [3.05, 3.63) is 11.1 Å². The van der Waals surface area contributed by atoms with Gasteiger partial charge >= 0.3 is 0 Å². The van der Waals surface area contributed by atoms with E-state index in [1.807, 2.05) is 20.8 Å². The Labute approximate surface area is 154 Å². The van der Waals surface area contributed by atoms with Crippen LogP contribution >= 0.6 is 0 Å². The third kappa shape index (κ3) is 4.65. The van der Waals surface area contributed by atoms with Gasteiger partial charge in [-0.3, -0.25) is 0 Å². The molecule has 2 aliphatic rings. The fraction of sp³-hybridized carbons (Fsp3) is 0.789. The Hall–Kier alpha value is -0.980. The molecule has 1 heterocycles. The Morgan fingerprint density at radius 3 is 2.42 bits per heavy atom. The molecule has 2 unspecified atom stereocenters. The van der Waals surface area contributed by atoms with Gasteiger partial charge in [0.25, 0.3) is 0 Å². The van der Waals surface area contributed by atoms with Crippen LogP contribution < -0.4 is 0 Å². The normalized spacial score (nSPS) is 38.5. The van der Waals surface area contributed by atoms with E-state index in [4.69, 9.17) is 9.47 Å². The molecular weight excluding hydrogens is 340 g/mol. The standard InChI is InChI=1S/C19H30O7/c1-10-7-12(21)8-19(3,4)13(10)6-5-11(2)25-18-17(24)16(23)15(22)14(9-20)26-18/h11-12,14-18,20-24H,7-9H2,1-4H3/t11?,12?,14-,15-,16+,17-,18-/m1/s1. The molecule has 0 aromatic heterocycles. The van der Waals surface area contributed by atoms with E-state index in [0.29, 0.717) is 12.8 Å². The third-order valence-electron chi connectivity index (χ3n) is 4.98. The molecule has 0 saturated carbocycles. The molecule has 7 heteroatoms. The first-order valence-electron chi connectivity index (χ1n) is 8.92. The Bertz CT molecular complexity index is 586. The predicted molar refractivity (Wildman–Crippen MR) is 93.8 cm³/mol. The topological polar surface area (TPSA) is 120 Å². The molecule has 0 aromatic carbocycles. The summed E-state index contributed by atoms with van der Waals surface area (Å²) in [6.07, 6.45) is -6.30. The van der Waals surface area contributed by atoms with E-state index in [-0.39, 0.29) is 11.5 Å². The van der Waals surface area contributed by atoms with Crippen LogP contribution in [0.3, 0.4) is 0 Å². The maximum atomic E-state index is 10.0. The van der Waals surface area contributed by atoms with Crippen LogP contribution in [-0.4, -0.2) is 75.1 Å². The van der Waals surface area contributed by atoms with Gasteiger partial charge < -0.3 is 35.0 Å². The molecule has 0 aromatic rings. The number of allylic oxidation sites excluding steroid dienone is 1. The molecule has 5 N–H and O–H groups in total. The van der Waals surface area contributed by atoms with Crippen molar-refractivity contribution in [1.29, 1.82) is 0 Å². The van der Waals surface area contributed by atoms with E-state index in [1.54, 1.807) is 6.92 Å². The lowest BCUT2D eigenvalue weighted by Crippen LogP contribution is -2.59. The van der Waals surface area contributed by atoms with Crippen LogP contribution in [0.4, 0.5) is 0 Å². The van der Waals surface area contributed by atoms with Gasteiger partial charge in [0.2, 0.25) is 0 Å². The maximum Gasteiger partial charge on any atom is 0.188 e. The molecule has 1 saturated heterocycles. The molecule has 7 atom stereocenters. The molecule has 0 spiro atoms. The van der Waals surface area contributed by atoms with Crippen LogP contribution in [0.25, 0.3) is 0 Å². The van der Waals surface area contributed by atoms with Crippen LogP contribution in [0, 0.1) is 17.3 Å². The quantitative estimate of drug-likeness (QED) is 0.432. The highest BCUT2D eigenvalue weighted by atomic mass is 16.7. The summed E-state index contributed by atoms with van der Waals surface area (Å²) in [5.74, 6) is 6.10. The van der Waals surface area contributed by atoms with Crippen LogP contribution in [0.1, 0.15) is 40.5 Å². The highest BCUT2D eigenvalue weighted by Crippen LogP contribution is 2.39. The van der Waals surface area contributed by atoms with Crippen LogP contribution in [-0.2, 0) is 9.47 Å². The Kier molecular flexibility index (Phi) is 6.86. The van der Waals surface area contributed by atoms with Crippen LogP contribution in [0.15, 0.2) is 11.1 Å². The molecule has 0 amide bonds. The summed E-state index contributed by atoms with van der Waals surface area (Å²) < 4.78 is 10.9. The minimum Gasteiger partial charge on any atom is -0.394 e. The smallest absolute Gasteiger partial charge is 0.188 e. The lowest BCUT2D eigenvalue weighted by molar-refractivity contribution is -0.305. The zero-order valence-electron chi connectivity index (χ0n) is 15.7. The van der Waals surface area contributed by atoms with Gasteiger partial charge in [-0.15, -0.1) is 0 Å². The minimum atomic E-state index is -1.48. The highest BCUT2D eigenvalue weighted by Gasteiger charge is 2.44. The number of aliphatic hydroxyl groups excluding tert-OH is 5. The van der Waals surface area contributed by atoms with Crippen molar-refractivity contribution < 1.29 is 35.0 Å². The van der Waals surface area contributed by atoms with Crippen molar-refractivity contribution >= 4 is 0 Å². The van der Waals surface area contributed by atoms with Crippen LogP contribution in [0.2, 0.25) is 0 Å². The largest absolute Gasteiger partial charge is 0.394 e. The maximum absolute atomic E-state index is 10.0. The Balaban J connectivity index is 2.08. The van der Waals surface area contributed by atoms with Crippen LogP contribution in [0.5, 0.6) is 0 Å². The zero-order valence-corrected chi connectivity index (χ0v) is 15.7. The van der Waals surface area contributed by atoms with Gasteiger partial charge in [0, 0.05) is 11.0 Å². The molecular formula is C19H30O7. The molecule has 1 fully saturated rings. The number of hydrogen-bond acceptors (Lipinski definition) is 7. The number of hydrogen-bond donors (Lipinski definition) is 5. The summed E-state index contributed by atoms with van der Waals surface area (Å²) in [6.45, 7) is 7.21. The fourth-order valence-corrected chi connectivity index (χ4v) is 3.66. The van der Waals surface area contributed by atoms with E-state index in [2.05, 4.69) is 11.8 Å². The summed E-state index contributed by atoms with van der Waals surface area (Å²) in [5, 5.41) is 48.8. The average Bonchev–Trinajstić information content (AvgIpc) is 2.53. The molecule has 148 valence electrons. The second-order valence-electron chi connectivity index (χ2n) is 7.85. The lowest BCUT2D eigenvalue weighted by atomic mass is 9.72. The molecule has 1 aliphatic heterocycles. The molecule has 2 rings (SSSR count). The lowest BCUT2D eigenvalue weighted by Gasteiger charge is -2.40. The second-order valence-corrected chi connectivity index (χ2v) is 7.85. The summed E-state index contributed by atoms with van der Waals surface area (Å²) in [5.41, 5.74) is 1.77. The molecule has 0 radical (unpaired) electrons. The summed E-state index contributed by atoms with van der Waals surface area (Å²) in [4.78, 5) is 0. The van der Waals surface area contributed by atoms with Gasteiger partial charge in [0.05, 0.1) is 12.7 Å². The van der Waals surface area contributed by atoms with Gasteiger partial charge in [-0.05, 0) is 26.7 Å². The van der Waals surface area contributed by atoms with Crippen molar-refractivity contribution in [2.45, 2.75) is 83.5 Å². The van der Waals surface area contributed by atoms with E-state index in [0.717, 1.165) is 11.1 Å². The fourth-order valence-electron chi connectivity index (χ4n) is 3.66. The zero-order chi connectivity index (χ0) is 19.6. The van der Waals surface area contributed by atoms with E-state index < -0.39 is 43.4 Å². The second kappa shape index (κ2) is 8.36. The van der Waals surface area contributed by atoms with Gasteiger partial charge in [0.1, 0.15) is 30.5 Å². The van der Waals surface area contributed by atoms with Crippen molar-refractivity contribution in [3.8, 4) is 11.8 Å². The molecule has 7 nitrogen and oxygen atoms in total. The highest BCUT2D eigenvalue weighted by molar-refractivity contribution is 5.40. The molecule has 0 bridgehead atoms. The number of ether oxygens (including phenoxy) is 2. The van der Waals surface area contributed by atoms with Gasteiger partial charge in [-0.1, -0.05) is 31.3 Å². The minimum absolute atomic E-state index is 0.238. The number of aliphatic hydroxyl groups is 5. The molecule has 1 aliphatic carbocycles. The summed E-state index contributed by atoms with van der Waals surface area (Å²) >= 11 is 0. The first-order chi connectivity index (χ1) is 12.1. The average molecular weight is 370 g/mol. The Morgan fingerprint density at radius 1 is 1.19 bits per heavy atom. The van der Waals surface area contributed by atoms with E-state index in [9.17, 15) is 25.5 Å². The summed E-state index contributed by atoms with van der Waals surface area (Å²) in [7, 11) is 0. The monoisotopic (exact) mass is 370 g/mol. The third-order valence-corrected chi connectivity index (χ3v) is 4.98. The van der Waals surface area contributed by atoms with Gasteiger partial charge in [-0.2, -0.15) is 0 Å². The van der Waals surface area contributed by atoms with Gasteiger partial charge in [-0.25, -0.2) is 0 Å². The molecule has 26 heavy (non-hydrogen) atoms. The van der Waals surface area contributed by atoms with Crippen molar-refractivity contribution in [2.24, 2.45) is 5.41 Å². The first kappa shape index (κ1) is 21.3. The van der Waals surface area contributed by atoms with E-state index >= 15 is 0 Å². The Morgan fingerprint density at radius 2 is 1.85 bits per heavy atom. The van der Waals surface area contributed by atoms with Crippen molar-refractivity contribution in [2.75, 3.05) is 6.61 Å². The SMILES string of the molecule is CC1=C(C#CC(C)O[C@@H]2O[C@H](CO)[C@@H](O)[C@H](O)[C@H]2O)C(C)(C)CC(O)C1. The summed E-state index contributed by atoms with van der Waals surface area (Å²) in [6, 6.07) is 0.